The third kappa shape index (κ3) is 4.41. The van der Waals surface area contributed by atoms with E-state index in [2.05, 4.69) is 4.52 Å². The maximum Gasteiger partial charge on any atom is 0.524 e. The minimum atomic E-state index is -4.49. The van der Waals surface area contributed by atoms with Crippen molar-refractivity contribution in [3.8, 4) is 11.5 Å². The monoisotopic (exact) mass is 368 g/mol. The van der Waals surface area contributed by atoms with E-state index in [0.717, 1.165) is 16.2 Å². The summed E-state index contributed by atoms with van der Waals surface area (Å²) in [4.78, 5) is 17.4. The van der Waals surface area contributed by atoms with E-state index in [0.29, 0.717) is 11.1 Å². The van der Waals surface area contributed by atoms with E-state index in [9.17, 15) is 9.67 Å². The summed E-state index contributed by atoms with van der Waals surface area (Å²) in [6.07, 6.45) is 0. The van der Waals surface area contributed by atoms with Gasteiger partial charge in [0.05, 0.1) is 0 Å². The smallest absolute Gasteiger partial charge is 0.507 e. The summed E-state index contributed by atoms with van der Waals surface area (Å²) in [5, 5.41) is 12.9. The van der Waals surface area contributed by atoms with Crippen molar-refractivity contribution in [1.29, 1.82) is 0 Å². The molecule has 6 heteroatoms. The first-order valence-electron chi connectivity index (χ1n) is 7.84. The van der Waals surface area contributed by atoms with E-state index in [4.69, 9.17) is 9.79 Å². The predicted octanol–water partition coefficient (Wildman–Crippen LogP) is 4.86. The second-order valence-corrected chi connectivity index (χ2v) is 6.72. The number of rotatable bonds is 2. The summed E-state index contributed by atoms with van der Waals surface area (Å²) in [6, 6.07) is 25.6. The fraction of sp³-hybridized carbons (Fsp3) is 0. The van der Waals surface area contributed by atoms with Crippen LogP contribution in [0.4, 0.5) is 0 Å². The molecule has 0 bridgehead atoms. The van der Waals surface area contributed by atoms with Gasteiger partial charge in [0.1, 0.15) is 11.5 Å². The van der Waals surface area contributed by atoms with Gasteiger partial charge in [-0.3, -0.25) is 9.79 Å². The lowest BCUT2D eigenvalue weighted by atomic mass is 10.1. The molecule has 0 atom stereocenters. The van der Waals surface area contributed by atoms with Crippen molar-refractivity contribution >= 4 is 29.4 Å². The summed E-state index contributed by atoms with van der Waals surface area (Å²) in [5.74, 6) is 0.546. The Kier molecular flexibility index (Phi) is 5.24. The van der Waals surface area contributed by atoms with Crippen molar-refractivity contribution in [3.05, 3.63) is 84.9 Å². The first-order valence-corrected chi connectivity index (χ1v) is 9.37. The molecule has 0 heterocycles. The van der Waals surface area contributed by atoms with Gasteiger partial charge in [0, 0.05) is 10.8 Å². The maximum absolute atomic E-state index is 10.7. The molecule has 0 amide bonds. The summed E-state index contributed by atoms with van der Waals surface area (Å²) in [7, 11) is -4.49. The highest BCUT2D eigenvalue weighted by molar-refractivity contribution is 7.46. The molecule has 0 spiro atoms. The number of benzene rings is 4. The number of phenolic OH excluding ortho intramolecular Hbond substituents is 1. The zero-order valence-electron chi connectivity index (χ0n) is 13.7. The Morgan fingerprint density at radius 2 is 1.15 bits per heavy atom. The van der Waals surface area contributed by atoms with Gasteiger partial charge in [-0.25, -0.2) is 4.57 Å². The molecule has 0 saturated heterocycles. The van der Waals surface area contributed by atoms with Crippen LogP contribution in [0.25, 0.3) is 21.5 Å². The summed E-state index contributed by atoms with van der Waals surface area (Å²) < 4.78 is 15.3. The highest BCUT2D eigenvalue weighted by Gasteiger charge is 2.17. The quantitative estimate of drug-likeness (QED) is 0.440. The Morgan fingerprint density at radius 1 is 0.654 bits per heavy atom. The standard InChI is InChI=1S/C10H9O4P.C10H8O/c11-15(12,13)14-10-7-3-5-8-4-1-2-6-9(8)10;11-10-7-3-5-8-4-1-2-6-9(8)10/h1-7H,(H2,11,12,13);1-7,11H. The number of hydrogen-bond acceptors (Lipinski definition) is 3. The lowest BCUT2D eigenvalue weighted by Gasteiger charge is -2.09. The second kappa shape index (κ2) is 7.58. The predicted molar refractivity (Wildman–Crippen MR) is 102 cm³/mol. The number of phosphoric acid groups is 1. The van der Waals surface area contributed by atoms with Gasteiger partial charge in [-0.2, -0.15) is 0 Å². The number of fused-ring (bicyclic) bond motifs is 2. The van der Waals surface area contributed by atoms with Crippen molar-refractivity contribution in [1.82, 2.24) is 0 Å². The lowest BCUT2D eigenvalue weighted by molar-refractivity contribution is 0.284. The van der Waals surface area contributed by atoms with Gasteiger partial charge in [-0.1, -0.05) is 72.8 Å². The molecule has 0 fully saturated rings. The minimum Gasteiger partial charge on any atom is -0.507 e. The molecule has 0 radical (unpaired) electrons. The van der Waals surface area contributed by atoms with Gasteiger partial charge < -0.3 is 9.63 Å². The van der Waals surface area contributed by atoms with E-state index in [1.807, 2.05) is 54.6 Å². The van der Waals surface area contributed by atoms with E-state index in [-0.39, 0.29) is 5.75 Å². The SMILES string of the molecule is O=P(O)(O)Oc1cccc2ccccc12.Oc1cccc2ccccc12. The van der Waals surface area contributed by atoms with Crippen LogP contribution in [0.1, 0.15) is 0 Å². The summed E-state index contributed by atoms with van der Waals surface area (Å²) in [5.41, 5.74) is 0. The zero-order valence-corrected chi connectivity index (χ0v) is 14.6. The number of aromatic hydroxyl groups is 1. The van der Waals surface area contributed by atoms with Crippen LogP contribution in [0, 0.1) is 0 Å². The van der Waals surface area contributed by atoms with E-state index in [1.54, 1.807) is 24.3 Å². The largest absolute Gasteiger partial charge is 0.524 e. The van der Waals surface area contributed by atoms with Crippen LogP contribution in [0.2, 0.25) is 0 Å². The second-order valence-electron chi connectivity index (χ2n) is 5.56. The molecule has 0 aliphatic heterocycles. The van der Waals surface area contributed by atoms with Crippen molar-refractivity contribution < 1.29 is 24.0 Å². The van der Waals surface area contributed by atoms with Crippen molar-refractivity contribution in [2.24, 2.45) is 0 Å². The van der Waals surface area contributed by atoms with Crippen LogP contribution >= 0.6 is 7.82 Å². The summed E-state index contributed by atoms with van der Waals surface area (Å²) >= 11 is 0. The normalized spacial score (nSPS) is 11.0. The third-order valence-electron chi connectivity index (χ3n) is 3.73. The average Bonchev–Trinajstić information content (AvgIpc) is 2.62. The molecule has 132 valence electrons. The molecular formula is C20H17O5P. The van der Waals surface area contributed by atoms with Crippen molar-refractivity contribution in [3.63, 3.8) is 0 Å². The van der Waals surface area contributed by atoms with E-state index < -0.39 is 7.82 Å². The highest BCUT2D eigenvalue weighted by Crippen LogP contribution is 2.40. The molecule has 3 N–H and O–H groups in total. The van der Waals surface area contributed by atoms with E-state index >= 15 is 0 Å². The fourth-order valence-corrected chi connectivity index (χ4v) is 3.03. The first-order chi connectivity index (χ1) is 12.4. The van der Waals surface area contributed by atoms with Gasteiger partial charge in [0.15, 0.2) is 0 Å². The molecule has 4 aromatic rings. The molecule has 5 nitrogen and oxygen atoms in total. The molecule has 0 saturated carbocycles. The molecule has 26 heavy (non-hydrogen) atoms. The Bertz CT molecular complexity index is 1080. The average molecular weight is 368 g/mol. The van der Waals surface area contributed by atoms with Crippen LogP contribution in [0.15, 0.2) is 84.9 Å². The van der Waals surface area contributed by atoms with Gasteiger partial charge in [0.2, 0.25) is 0 Å². The van der Waals surface area contributed by atoms with Crippen molar-refractivity contribution in [2.75, 3.05) is 0 Å². The molecular weight excluding hydrogens is 351 g/mol. The fourth-order valence-electron chi connectivity index (χ4n) is 2.61. The van der Waals surface area contributed by atoms with Crippen molar-refractivity contribution in [2.45, 2.75) is 0 Å². The van der Waals surface area contributed by atoms with Crippen LogP contribution < -0.4 is 4.52 Å². The number of phosphoric ester groups is 1. The van der Waals surface area contributed by atoms with Gasteiger partial charge >= 0.3 is 7.82 Å². The Hall–Kier alpha value is -2.85. The first kappa shape index (κ1) is 18.0. The Labute approximate surface area is 150 Å². The number of phenols is 1. The zero-order chi connectivity index (χ0) is 18.6. The Balaban J connectivity index is 0.000000158. The molecule has 4 aromatic carbocycles. The third-order valence-corrected chi connectivity index (χ3v) is 4.17. The van der Waals surface area contributed by atoms with Crippen LogP contribution in [0.5, 0.6) is 11.5 Å². The summed E-state index contributed by atoms with van der Waals surface area (Å²) in [6.45, 7) is 0. The van der Waals surface area contributed by atoms with Gasteiger partial charge in [-0.05, 0) is 22.9 Å². The minimum absolute atomic E-state index is 0.196. The Morgan fingerprint density at radius 3 is 1.77 bits per heavy atom. The topological polar surface area (TPSA) is 87.0 Å². The van der Waals surface area contributed by atoms with Crippen LogP contribution in [0.3, 0.4) is 0 Å². The molecule has 4 rings (SSSR count). The van der Waals surface area contributed by atoms with Gasteiger partial charge in [0.25, 0.3) is 0 Å². The van der Waals surface area contributed by atoms with E-state index in [1.165, 1.54) is 6.07 Å². The molecule has 0 aliphatic rings. The van der Waals surface area contributed by atoms with Gasteiger partial charge in [-0.15, -0.1) is 0 Å². The maximum atomic E-state index is 10.7. The lowest BCUT2D eigenvalue weighted by Crippen LogP contribution is -1.90. The molecule has 0 unspecified atom stereocenters. The molecule has 0 aromatic heterocycles. The highest BCUT2D eigenvalue weighted by atomic mass is 31.2. The molecule has 0 aliphatic carbocycles. The number of hydrogen-bond donors (Lipinski definition) is 3. The van der Waals surface area contributed by atoms with Crippen LogP contribution in [-0.4, -0.2) is 14.9 Å². The van der Waals surface area contributed by atoms with Crippen LogP contribution in [-0.2, 0) is 4.57 Å².